The van der Waals surface area contributed by atoms with Crippen molar-refractivity contribution in [2.75, 3.05) is 11.9 Å². The third-order valence-electron chi connectivity index (χ3n) is 2.66. The molecule has 0 aromatic carbocycles. The molecule has 0 aliphatic heterocycles. The highest BCUT2D eigenvalue weighted by Crippen LogP contribution is 2.26. The Kier molecular flexibility index (Phi) is 4.46. The minimum atomic E-state index is -0.510. The Morgan fingerprint density at radius 3 is 2.95 bits per heavy atom. The number of nitrogens with zero attached hydrogens (tertiary/aromatic N) is 5. The third kappa shape index (κ3) is 3.41. The van der Waals surface area contributed by atoms with Gasteiger partial charge in [-0.3, -0.25) is 10.1 Å². The normalized spacial score (nSPS) is 10.5. The zero-order valence-electron chi connectivity index (χ0n) is 10.8. The van der Waals surface area contributed by atoms with Crippen molar-refractivity contribution in [1.82, 2.24) is 19.5 Å². The monoisotopic (exact) mass is 296 g/mol. The van der Waals surface area contributed by atoms with Crippen molar-refractivity contribution in [1.29, 1.82) is 0 Å². The first-order valence-electron chi connectivity index (χ1n) is 5.96. The molecule has 0 saturated heterocycles. The first-order valence-corrected chi connectivity index (χ1v) is 6.34. The van der Waals surface area contributed by atoms with E-state index >= 15 is 0 Å². The number of aryl methyl sites for hydroxylation is 2. The van der Waals surface area contributed by atoms with Crippen LogP contribution in [0.15, 0.2) is 18.7 Å². The Morgan fingerprint density at radius 1 is 1.50 bits per heavy atom. The Labute approximate surface area is 120 Å². The molecule has 0 radical (unpaired) electrons. The van der Waals surface area contributed by atoms with Crippen LogP contribution in [0, 0.1) is 17.0 Å². The van der Waals surface area contributed by atoms with Crippen LogP contribution in [0.5, 0.6) is 0 Å². The molecule has 0 atom stereocenters. The molecule has 0 saturated carbocycles. The maximum Gasteiger partial charge on any atom is 0.332 e. The molecule has 8 nitrogen and oxygen atoms in total. The summed E-state index contributed by atoms with van der Waals surface area (Å²) in [7, 11) is 0. The van der Waals surface area contributed by atoms with Gasteiger partial charge in [0.15, 0.2) is 0 Å². The number of halogens is 1. The lowest BCUT2D eigenvalue weighted by Gasteiger charge is -2.08. The molecular weight excluding hydrogens is 284 g/mol. The van der Waals surface area contributed by atoms with E-state index in [4.69, 9.17) is 11.6 Å². The van der Waals surface area contributed by atoms with Crippen LogP contribution in [0.4, 0.5) is 11.5 Å². The minimum Gasteiger partial charge on any atom is -0.364 e. The summed E-state index contributed by atoms with van der Waals surface area (Å²) >= 11 is 5.72. The van der Waals surface area contributed by atoms with Gasteiger partial charge in [-0.15, -0.1) is 0 Å². The van der Waals surface area contributed by atoms with Crippen molar-refractivity contribution < 1.29 is 4.92 Å². The first-order chi connectivity index (χ1) is 9.58. The second kappa shape index (κ2) is 6.29. The van der Waals surface area contributed by atoms with E-state index in [1.807, 2.05) is 10.8 Å². The number of imidazole rings is 1. The maximum absolute atomic E-state index is 11.0. The second-order valence-corrected chi connectivity index (χ2v) is 4.45. The molecule has 2 rings (SSSR count). The Hall–Kier alpha value is -2.22. The molecule has 0 aliphatic carbocycles. The summed E-state index contributed by atoms with van der Waals surface area (Å²) < 4.78 is 1.92. The van der Waals surface area contributed by atoms with Gasteiger partial charge in [0.25, 0.3) is 0 Å². The maximum atomic E-state index is 11.0. The van der Waals surface area contributed by atoms with Gasteiger partial charge in [0, 0.05) is 25.5 Å². The summed E-state index contributed by atoms with van der Waals surface area (Å²) in [5, 5.41) is 13.9. The number of nitro groups is 1. The number of aromatic nitrogens is 4. The van der Waals surface area contributed by atoms with Crippen molar-refractivity contribution >= 4 is 23.1 Å². The van der Waals surface area contributed by atoms with Gasteiger partial charge in [-0.05, 0) is 24.9 Å². The summed E-state index contributed by atoms with van der Waals surface area (Å²) in [5.74, 6) is 0.151. The van der Waals surface area contributed by atoms with E-state index in [-0.39, 0.29) is 22.5 Å². The molecule has 0 spiro atoms. The fraction of sp³-hybridized carbons (Fsp3) is 0.364. The molecule has 20 heavy (non-hydrogen) atoms. The average molecular weight is 297 g/mol. The number of anilines is 1. The molecule has 2 heterocycles. The van der Waals surface area contributed by atoms with Gasteiger partial charge in [-0.2, -0.15) is 4.98 Å². The van der Waals surface area contributed by atoms with Crippen molar-refractivity contribution in [3.63, 3.8) is 0 Å². The molecule has 9 heteroatoms. The van der Waals surface area contributed by atoms with Crippen molar-refractivity contribution in [2.24, 2.45) is 0 Å². The molecule has 0 aliphatic rings. The summed E-state index contributed by atoms with van der Waals surface area (Å²) in [5.41, 5.74) is 0.101. The predicted molar refractivity (Wildman–Crippen MR) is 73.8 cm³/mol. The molecular formula is C11H13ClN6O2. The molecule has 106 valence electrons. The SMILES string of the molecule is Cc1nc(Cl)nc(NCCCn2ccnc2)c1[N+](=O)[O-]. The minimum absolute atomic E-state index is 0.00907. The van der Waals surface area contributed by atoms with Crippen LogP contribution < -0.4 is 5.32 Å². The molecule has 0 amide bonds. The van der Waals surface area contributed by atoms with Gasteiger partial charge in [-0.1, -0.05) is 0 Å². The van der Waals surface area contributed by atoms with Crippen molar-refractivity contribution in [2.45, 2.75) is 19.9 Å². The highest BCUT2D eigenvalue weighted by molar-refractivity contribution is 6.28. The third-order valence-corrected chi connectivity index (χ3v) is 2.83. The molecule has 2 aromatic heterocycles. The summed E-state index contributed by atoms with van der Waals surface area (Å²) in [6.45, 7) is 2.83. The first kappa shape index (κ1) is 14.2. The lowest BCUT2D eigenvalue weighted by molar-refractivity contribution is -0.385. The average Bonchev–Trinajstić information content (AvgIpc) is 2.86. The Balaban J connectivity index is 1.99. The highest BCUT2D eigenvalue weighted by Gasteiger charge is 2.21. The van der Waals surface area contributed by atoms with E-state index in [1.54, 1.807) is 12.5 Å². The molecule has 2 aromatic rings. The van der Waals surface area contributed by atoms with E-state index < -0.39 is 4.92 Å². The van der Waals surface area contributed by atoms with E-state index in [0.717, 1.165) is 13.0 Å². The molecule has 0 fully saturated rings. The number of rotatable bonds is 6. The number of nitrogens with one attached hydrogen (secondary N) is 1. The topological polar surface area (TPSA) is 98.8 Å². The van der Waals surface area contributed by atoms with Gasteiger partial charge >= 0.3 is 5.69 Å². The zero-order chi connectivity index (χ0) is 14.5. The van der Waals surface area contributed by atoms with Crippen LogP contribution in [0.2, 0.25) is 5.28 Å². The smallest absolute Gasteiger partial charge is 0.332 e. The van der Waals surface area contributed by atoms with Gasteiger partial charge in [0.2, 0.25) is 11.1 Å². The fourth-order valence-corrected chi connectivity index (χ4v) is 1.97. The van der Waals surface area contributed by atoms with Crippen molar-refractivity contribution in [3.8, 4) is 0 Å². The highest BCUT2D eigenvalue weighted by atomic mass is 35.5. The van der Waals surface area contributed by atoms with Crippen LogP contribution in [0.1, 0.15) is 12.1 Å². The van der Waals surface area contributed by atoms with Crippen molar-refractivity contribution in [3.05, 3.63) is 39.8 Å². The van der Waals surface area contributed by atoms with Gasteiger partial charge in [0.1, 0.15) is 5.69 Å². The predicted octanol–water partition coefficient (Wildman–Crippen LogP) is 2.05. The lowest BCUT2D eigenvalue weighted by Crippen LogP contribution is -2.10. The van der Waals surface area contributed by atoms with E-state index in [0.29, 0.717) is 6.54 Å². The van der Waals surface area contributed by atoms with Gasteiger partial charge < -0.3 is 9.88 Å². The largest absolute Gasteiger partial charge is 0.364 e. The number of hydrogen-bond acceptors (Lipinski definition) is 6. The van der Waals surface area contributed by atoms with Gasteiger partial charge in [0.05, 0.1) is 11.3 Å². The lowest BCUT2D eigenvalue weighted by atomic mass is 10.3. The molecule has 0 unspecified atom stereocenters. The van der Waals surface area contributed by atoms with E-state index in [9.17, 15) is 10.1 Å². The Morgan fingerprint density at radius 2 is 2.30 bits per heavy atom. The zero-order valence-corrected chi connectivity index (χ0v) is 11.5. The van der Waals surface area contributed by atoms with Crippen LogP contribution in [0.25, 0.3) is 0 Å². The Bertz CT molecular complexity index is 601. The second-order valence-electron chi connectivity index (χ2n) is 4.11. The molecule has 0 bridgehead atoms. The number of hydrogen-bond donors (Lipinski definition) is 1. The quantitative estimate of drug-likeness (QED) is 0.379. The van der Waals surface area contributed by atoms with Crippen LogP contribution in [0.3, 0.4) is 0 Å². The fourth-order valence-electron chi connectivity index (χ4n) is 1.76. The van der Waals surface area contributed by atoms with E-state index in [1.165, 1.54) is 6.92 Å². The van der Waals surface area contributed by atoms with Gasteiger partial charge in [-0.25, -0.2) is 9.97 Å². The van der Waals surface area contributed by atoms with Crippen LogP contribution in [-0.4, -0.2) is 31.0 Å². The summed E-state index contributed by atoms with van der Waals surface area (Å²) in [6.07, 6.45) is 6.04. The van der Waals surface area contributed by atoms with E-state index in [2.05, 4.69) is 20.3 Å². The summed E-state index contributed by atoms with van der Waals surface area (Å²) in [4.78, 5) is 22.1. The summed E-state index contributed by atoms with van der Waals surface area (Å²) in [6, 6.07) is 0. The van der Waals surface area contributed by atoms with Crippen LogP contribution >= 0.6 is 11.6 Å². The van der Waals surface area contributed by atoms with Crippen LogP contribution in [-0.2, 0) is 6.54 Å². The standard InChI is InChI=1S/C11H13ClN6O2/c1-8-9(18(19)20)10(16-11(12)15-8)14-3-2-5-17-6-4-13-7-17/h4,6-7H,2-3,5H2,1H3,(H,14,15,16). The molecule has 1 N–H and O–H groups in total.